The second-order valence-corrected chi connectivity index (χ2v) is 7.23. The number of nitrogens with one attached hydrogen (secondary N) is 1. The number of unbranched alkanes of at least 4 members (excludes halogenated alkanes) is 1. The molecule has 0 spiro atoms. The molecule has 1 aromatic heterocycles. The van der Waals surface area contributed by atoms with Gasteiger partial charge in [0.2, 0.25) is 5.91 Å². The molecule has 0 saturated carbocycles. The second kappa shape index (κ2) is 9.92. The Bertz CT molecular complexity index is 963. The lowest BCUT2D eigenvalue weighted by atomic mass is 10.1. The maximum Gasteiger partial charge on any atom is 0.251 e. The number of para-hydroxylation sites is 1. The smallest absolute Gasteiger partial charge is 0.251 e. The third kappa shape index (κ3) is 5.25. The van der Waals surface area contributed by atoms with E-state index in [2.05, 4.69) is 12.2 Å². The van der Waals surface area contributed by atoms with Crippen LogP contribution < -0.4 is 5.32 Å². The molecule has 2 aromatic carbocycles. The van der Waals surface area contributed by atoms with E-state index in [0.717, 1.165) is 41.6 Å². The third-order valence-electron chi connectivity index (χ3n) is 5.02. The van der Waals surface area contributed by atoms with Gasteiger partial charge in [0, 0.05) is 49.5 Å². The number of furan rings is 1. The van der Waals surface area contributed by atoms with Crippen LogP contribution in [0.25, 0.3) is 11.0 Å². The van der Waals surface area contributed by atoms with Crippen LogP contribution in [0, 0.1) is 0 Å². The van der Waals surface area contributed by atoms with Gasteiger partial charge in [-0.05, 0) is 24.6 Å². The van der Waals surface area contributed by atoms with Crippen LogP contribution in [0.2, 0.25) is 0 Å². The van der Waals surface area contributed by atoms with Gasteiger partial charge in [-0.3, -0.25) is 9.59 Å². The minimum absolute atomic E-state index is 0.00918. The molecule has 0 aliphatic heterocycles. The summed E-state index contributed by atoms with van der Waals surface area (Å²) in [5, 5.41) is 3.87. The number of fused-ring (bicyclic) bond motifs is 1. The Hall–Kier alpha value is -3.08. The quantitative estimate of drug-likeness (QED) is 0.581. The van der Waals surface area contributed by atoms with Gasteiger partial charge >= 0.3 is 0 Å². The van der Waals surface area contributed by atoms with Crippen molar-refractivity contribution in [3.63, 3.8) is 0 Å². The molecule has 0 aliphatic rings. The summed E-state index contributed by atoms with van der Waals surface area (Å²) in [7, 11) is 1.80. The SMILES string of the molecule is CCCCc1oc2ccccc2c1CN(C)C(=O)CCNC(=O)c1ccccc1. The average molecular weight is 392 g/mol. The molecule has 0 aliphatic carbocycles. The summed E-state index contributed by atoms with van der Waals surface area (Å²) in [5.74, 6) is 0.791. The van der Waals surface area contributed by atoms with Gasteiger partial charge in [0.25, 0.3) is 5.91 Å². The number of hydrogen-bond acceptors (Lipinski definition) is 3. The molecule has 5 heteroatoms. The lowest BCUT2D eigenvalue weighted by Gasteiger charge is -2.18. The Balaban J connectivity index is 1.60. The minimum Gasteiger partial charge on any atom is -0.461 e. The molecule has 0 atom stereocenters. The zero-order valence-electron chi connectivity index (χ0n) is 17.1. The summed E-state index contributed by atoms with van der Waals surface area (Å²) in [6, 6.07) is 17.0. The van der Waals surface area contributed by atoms with Crippen molar-refractivity contribution in [3.05, 3.63) is 71.5 Å². The lowest BCUT2D eigenvalue weighted by Crippen LogP contribution is -2.32. The van der Waals surface area contributed by atoms with Crippen molar-refractivity contribution in [1.82, 2.24) is 10.2 Å². The molecule has 5 nitrogen and oxygen atoms in total. The van der Waals surface area contributed by atoms with Gasteiger partial charge in [0.05, 0.1) is 0 Å². The first-order valence-electron chi connectivity index (χ1n) is 10.2. The summed E-state index contributed by atoms with van der Waals surface area (Å²) in [6.45, 7) is 2.97. The van der Waals surface area contributed by atoms with E-state index in [1.165, 1.54) is 0 Å². The zero-order chi connectivity index (χ0) is 20.6. The molecule has 1 N–H and O–H groups in total. The van der Waals surface area contributed by atoms with E-state index >= 15 is 0 Å². The largest absolute Gasteiger partial charge is 0.461 e. The molecule has 0 bridgehead atoms. The number of benzene rings is 2. The molecule has 29 heavy (non-hydrogen) atoms. The Morgan fingerprint density at radius 1 is 1.03 bits per heavy atom. The van der Waals surface area contributed by atoms with E-state index in [1.807, 2.05) is 42.5 Å². The summed E-state index contributed by atoms with van der Waals surface area (Å²) in [6.07, 6.45) is 3.27. The molecule has 3 rings (SSSR count). The highest BCUT2D eigenvalue weighted by atomic mass is 16.3. The van der Waals surface area contributed by atoms with Crippen LogP contribution in [-0.2, 0) is 17.8 Å². The molecule has 0 radical (unpaired) electrons. The first kappa shape index (κ1) is 20.6. The summed E-state index contributed by atoms with van der Waals surface area (Å²) < 4.78 is 6.05. The molecule has 0 fully saturated rings. The fraction of sp³-hybridized carbons (Fsp3) is 0.333. The third-order valence-corrected chi connectivity index (χ3v) is 5.02. The van der Waals surface area contributed by atoms with Crippen LogP contribution in [0.4, 0.5) is 0 Å². The van der Waals surface area contributed by atoms with Gasteiger partial charge in [0.1, 0.15) is 11.3 Å². The molecular formula is C24H28N2O3. The standard InChI is InChI=1S/C24H28N2O3/c1-3-4-13-22-20(19-12-8-9-14-21(19)29-22)17-26(2)23(27)15-16-25-24(28)18-10-6-5-7-11-18/h5-12,14H,3-4,13,15-17H2,1-2H3,(H,25,28). The van der Waals surface area contributed by atoms with Gasteiger partial charge < -0.3 is 14.6 Å². The van der Waals surface area contributed by atoms with Crippen LogP contribution in [0.1, 0.15) is 47.9 Å². The summed E-state index contributed by atoms with van der Waals surface area (Å²) >= 11 is 0. The molecular weight excluding hydrogens is 364 g/mol. The normalized spacial score (nSPS) is 10.8. The van der Waals surface area contributed by atoms with Crippen LogP contribution >= 0.6 is 0 Å². The van der Waals surface area contributed by atoms with E-state index in [4.69, 9.17) is 4.42 Å². The van der Waals surface area contributed by atoms with Crippen molar-refractivity contribution >= 4 is 22.8 Å². The lowest BCUT2D eigenvalue weighted by molar-refractivity contribution is -0.130. The maximum absolute atomic E-state index is 12.6. The first-order valence-corrected chi connectivity index (χ1v) is 10.2. The Labute approximate surface area is 171 Å². The van der Waals surface area contributed by atoms with E-state index in [9.17, 15) is 9.59 Å². The van der Waals surface area contributed by atoms with Crippen LogP contribution in [0.5, 0.6) is 0 Å². The van der Waals surface area contributed by atoms with Crippen molar-refractivity contribution in [3.8, 4) is 0 Å². The number of nitrogens with zero attached hydrogens (tertiary/aromatic N) is 1. The van der Waals surface area contributed by atoms with Crippen molar-refractivity contribution in [2.24, 2.45) is 0 Å². The second-order valence-electron chi connectivity index (χ2n) is 7.23. The topological polar surface area (TPSA) is 62.6 Å². The number of amides is 2. The minimum atomic E-state index is -0.163. The molecule has 2 amide bonds. The molecule has 0 unspecified atom stereocenters. The van der Waals surface area contributed by atoms with E-state index in [1.54, 1.807) is 24.1 Å². The van der Waals surface area contributed by atoms with Crippen LogP contribution in [-0.4, -0.2) is 30.3 Å². The Kier molecular flexibility index (Phi) is 7.06. The highest BCUT2D eigenvalue weighted by molar-refractivity contribution is 5.94. The van der Waals surface area contributed by atoms with Gasteiger partial charge in [-0.2, -0.15) is 0 Å². The maximum atomic E-state index is 12.6. The highest BCUT2D eigenvalue weighted by Gasteiger charge is 2.18. The van der Waals surface area contributed by atoms with Crippen molar-refractivity contribution in [1.29, 1.82) is 0 Å². The fourth-order valence-electron chi connectivity index (χ4n) is 3.35. The van der Waals surface area contributed by atoms with Gasteiger partial charge in [-0.15, -0.1) is 0 Å². The molecule has 152 valence electrons. The first-order chi connectivity index (χ1) is 14.1. The van der Waals surface area contributed by atoms with E-state index in [0.29, 0.717) is 18.7 Å². The van der Waals surface area contributed by atoms with Gasteiger partial charge in [0.15, 0.2) is 0 Å². The molecule has 0 saturated heterocycles. The number of aryl methyl sites for hydroxylation is 1. The Morgan fingerprint density at radius 3 is 2.52 bits per heavy atom. The number of carbonyl (C=O) groups excluding carboxylic acids is 2. The molecule has 3 aromatic rings. The number of hydrogen-bond donors (Lipinski definition) is 1. The van der Waals surface area contributed by atoms with E-state index < -0.39 is 0 Å². The predicted molar refractivity (Wildman–Crippen MR) is 115 cm³/mol. The fourth-order valence-corrected chi connectivity index (χ4v) is 3.35. The monoisotopic (exact) mass is 392 g/mol. The van der Waals surface area contributed by atoms with E-state index in [-0.39, 0.29) is 18.2 Å². The van der Waals surface area contributed by atoms with Gasteiger partial charge in [-0.25, -0.2) is 0 Å². The van der Waals surface area contributed by atoms with Crippen LogP contribution in [0.3, 0.4) is 0 Å². The van der Waals surface area contributed by atoms with Crippen molar-refractivity contribution in [2.75, 3.05) is 13.6 Å². The predicted octanol–water partition coefficient (Wildman–Crippen LogP) is 4.55. The molecule has 1 heterocycles. The summed E-state index contributed by atoms with van der Waals surface area (Å²) in [4.78, 5) is 26.4. The average Bonchev–Trinajstić information content (AvgIpc) is 3.10. The Morgan fingerprint density at radius 2 is 1.76 bits per heavy atom. The van der Waals surface area contributed by atoms with Crippen LogP contribution in [0.15, 0.2) is 59.0 Å². The number of rotatable bonds is 9. The van der Waals surface area contributed by atoms with Crippen molar-refractivity contribution in [2.45, 2.75) is 39.2 Å². The number of carbonyl (C=O) groups is 2. The van der Waals surface area contributed by atoms with Gasteiger partial charge in [-0.1, -0.05) is 49.7 Å². The zero-order valence-corrected chi connectivity index (χ0v) is 17.1. The van der Waals surface area contributed by atoms with Crippen molar-refractivity contribution < 1.29 is 14.0 Å². The highest BCUT2D eigenvalue weighted by Crippen LogP contribution is 2.28. The summed E-state index contributed by atoms with van der Waals surface area (Å²) in [5.41, 5.74) is 2.54.